The van der Waals surface area contributed by atoms with Crippen LogP contribution in [0.25, 0.3) is 0 Å². The highest BCUT2D eigenvalue weighted by Gasteiger charge is 2.23. The summed E-state index contributed by atoms with van der Waals surface area (Å²) in [5.74, 6) is 0. The van der Waals surface area contributed by atoms with E-state index < -0.39 is 10.0 Å². The summed E-state index contributed by atoms with van der Waals surface area (Å²) < 4.78 is 33.9. The average molecular weight is 480 g/mol. The Labute approximate surface area is 195 Å². The highest BCUT2D eigenvalue weighted by Crippen LogP contribution is 2.25. The Morgan fingerprint density at radius 2 is 2.00 bits per heavy atom. The SMILES string of the molecule is Cc1ccc(CN2CCOC(CNS(=O)(=O)c3ccc(NC/C=C/CO)c(Cl)c3)C2)cc1. The van der Waals surface area contributed by atoms with Crippen molar-refractivity contribution >= 4 is 27.3 Å². The van der Waals surface area contributed by atoms with Crippen molar-refractivity contribution < 1.29 is 18.3 Å². The largest absolute Gasteiger partial charge is 0.392 e. The number of morpholine rings is 1. The molecule has 9 heteroatoms. The monoisotopic (exact) mass is 479 g/mol. The summed E-state index contributed by atoms with van der Waals surface area (Å²) in [7, 11) is -3.72. The Morgan fingerprint density at radius 3 is 2.72 bits per heavy atom. The van der Waals surface area contributed by atoms with E-state index in [0.29, 0.717) is 30.4 Å². The molecule has 3 rings (SSSR count). The minimum absolute atomic E-state index is 0.0350. The number of nitrogens with one attached hydrogen (secondary N) is 2. The van der Waals surface area contributed by atoms with E-state index >= 15 is 0 Å². The van der Waals surface area contributed by atoms with Gasteiger partial charge in [-0.2, -0.15) is 0 Å². The molecule has 1 aliphatic heterocycles. The molecule has 0 aromatic heterocycles. The van der Waals surface area contributed by atoms with Crippen molar-refractivity contribution in [3.8, 4) is 0 Å². The van der Waals surface area contributed by atoms with E-state index in [-0.39, 0.29) is 24.2 Å². The second-order valence-electron chi connectivity index (χ2n) is 7.74. The van der Waals surface area contributed by atoms with Crippen molar-refractivity contribution in [2.45, 2.75) is 24.5 Å². The fraction of sp³-hybridized carbons (Fsp3) is 0.391. The van der Waals surface area contributed by atoms with E-state index in [0.717, 1.165) is 13.1 Å². The van der Waals surface area contributed by atoms with Gasteiger partial charge in [0.05, 0.1) is 34.9 Å². The van der Waals surface area contributed by atoms with Crippen LogP contribution in [0, 0.1) is 6.92 Å². The Kier molecular flexibility index (Phi) is 9.10. The van der Waals surface area contributed by atoms with Crippen molar-refractivity contribution in [3.63, 3.8) is 0 Å². The van der Waals surface area contributed by atoms with E-state index in [2.05, 4.69) is 46.1 Å². The third kappa shape index (κ3) is 7.30. The summed E-state index contributed by atoms with van der Waals surface area (Å²) >= 11 is 6.24. The van der Waals surface area contributed by atoms with Gasteiger partial charge in [-0.25, -0.2) is 13.1 Å². The van der Waals surface area contributed by atoms with Crippen LogP contribution in [0.2, 0.25) is 5.02 Å². The normalized spacial score (nSPS) is 17.7. The number of aliphatic hydroxyl groups is 1. The highest BCUT2D eigenvalue weighted by atomic mass is 35.5. The number of aliphatic hydroxyl groups excluding tert-OH is 1. The molecule has 0 bridgehead atoms. The molecule has 3 N–H and O–H groups in total. The first-order chi connectivity index (χ1) is 15.4. The summed E-state index contributed by atoms with van der Waals surface area (Å²) in [4.78, 5) is 2.38. The molecule has 2 aromatic rings. The van der Waals surface area contributed by atoms with Crippen LogP contribution in [0.15, 0.2) is 59.5 Å². The minimum Gasteiger partial charge on any atom is -0.392 e. The van der Waals surface area contributed by atoms with Gasteiger partial charge in [-0.15, -0.1) is 0 Å². The number of rotatable bonds is 10. The molecule has 2 aromatic carbocycles. The smallest absolute Gasteiger partial charge is 0.240 e. The van der Waals surface area contributed by atoms with Crippen LogP contribution in [0.3, 0.4) is 0 Å². The van der Waals surface area contributed by atoms with Crippen molar-refractivity contribution in [3.05, 3.63) is 70.8 Å². The predicted octanol–water partition coefficient (Wildman–Crippen LogP) is 2.79. The quantitative estimate of drug-likeness (QED) is 0.454. The molecule has 1 unspecified atom stereocenters. The zero-order valence-electron chi connectivity index (χ0n) is 18.1. The van der Waals surface area contributed by atoms with Gasteiger partial charge in [0, 0.05) is 32.7 Å². The summed E-state index contributed by atoms with van der Waals surface area (Å²) in [6, 6.07) is 13.0. The first-order valence-electron chi connectivity index (χ1n) is 10.6. The van der Waals surface area contributed by atoms with Crippen LogP contribution >= 0.6 is 11.6 Å². The molecule has 0 spiro atoms. The molecule has 1 atom stereocenters. The number of benzene rings is 2. The average Bonchev–Trinajstić information content (AvgIpc) is 2.78. The van der Waals surface area contributed by atoms with E-state index in [1.807, 2.05) is 0 Å². The molecule has 0 saturated carbocycles. The number of hydrogen-bond donors (Lipinski definition) is 3. The first-order valence-corrected chi connectivity index (χ1v) is 12.4. The van der Waals surface area contributed by atoms with E-state index in [9.17, 15) is 8.42 Å². The molecule has 1 saturated heterocycles. The van der Waals surface area contributed by atoms with Gasteiger partial charge in [0.25, 0.3) is 0 Å². The number of ether oxygens (including phenoxy) is 1. The van der Waals surface area contributed by atoms with E-state index in [1.165, 1.54) is 23.3 Å². The second-order valence-corrected chi connectivity index (χ2v) is 9.92. The van der Waals surface area contributed by atoms with Crippen LogP contribution in [-0.4, -0.2) is 63.9 Å². The lowest BCUT2D eigenvalue weighted by Crippen LogP contribution is -2.47. The predicted molar refractivity (Wildman–Crippen MR) is 128 cm³/mol. The Hall–Kier alpha value is -1.94. The van der Waals surface area contributed by atoms with Crippen LogP contribution in [0.4, 0.5) is 5.69 Å². The Balaban J connectivity index is 1.54. The van der Waals surface area contributed by atoms with Gasteiger partial charge >= 0.3 is 0 Å². The number of sulfonamides is 1. The van der Waals surface area contributed by atoms with Crippen molar-refractivity contribution in [2.75, 3.05) is 44.7 Å². The van der Waals surface area contributed by atoms with Crippen LogP contribution in [0.5, 0.6) is 0 Å². The van der Waals surface area contributed by atoms with Crippen molar-refractivity contribution in [2.24, 2.45) is 0 Å². The van der Waals surface area contributed by atoms with Gasteiger partial charge in [-0.05, 0) is 30.7 Å². The lowest BCUT2D eigenvalue weighted by atomic mass is 10.1. The minimum atomic E-state index is -3.72. The number of nitrogens with zero attached hydrogens (tertiary/aromatic N) is 1. The second kappa shape index (κ2) is 11.8. The lowest BCUT2D eigenvalue weighted by molar-refractivity contribution is -0.0276. The van der Waals surface area contributed by atoms with Crippen molar-refractivity contribution in [1.82, 2.24) is 9.62 Å². The van der Waals surface area contributed by atoms with Crippen LogP contribution < -0.4 is 10.0 Å². The van der Waals surface area contributed by atoms with Crippen molar-refractivity contribution in [1.29, 1.82) is 0 Å². The third-order valence-electron chi connectivity index (χ3n) is 5.18. The van der Waals surface area contributed by atoms with E-state index in [4.69, 9.17) is 21.4 Å². The number of aryl methyl sites for hydroxylation is 1. The van der Waals surface area contributed by atoms with Gasteiger partial charge in [-0.3, -0.25) is 4.90 Å². The molecule has 0 radical (unpaired) electrons. The molecule has 32 heavy (non-hydrogen) atoms. The van der Waals surface area contributed by atoms with Crippen LogP contribution in [-0.2, 0) is 21.3 Å². The molecular weight excluding hydrogens is 450 g/mol. The molecular formula is C23H30ClN3O4S. The summed E-state index contributed by atoms with van der Waals surface area (Å²) in [6.45, 7) is 5.54. The molecule has 7 nitrogen and oxygen atoms in total. The fourth-order valence-electron chi connectivity index (χ4n) is 3.42. The zero-order valence-corrected chi connectivity index (χ0v) is 19.7. The summed E-state index contributed by atoms with van der Waals surface area (Å²) in [6.07, 6.45) is 3.15. The number of hydrogen-bond acceptors (Lipinski definition) is 6. The van der Waals surface area contributed by atoms with E-state index in [1.54, 1.807) is 18.2 Å². The zero-order chi connectivity index (χ0) is 23.0. The summed E-state index contributed by atoms with van der Waals surface area (Å²) in [5.41, 5.74) is 3.08. The molecule has 0 aliphatic carbocycles. The molecule has 1 aliphatic rings. The first kappa shape index (κ1) is 24.7. The number of halogens is 1. The topological polar surface area (TPSA) is 90.9 Å². The van der Waals surface area contributed by atoms with Gasteiger partial charge in [0.2, 0.25) is 10.0 Å². The third-order valence-corrected chi connectivity index (χ3v) is 6.92. The van der Waals surface area contributed by atoms with Gasteiger partial charge < -0.3 is 15.2 Å². The number of anilines is 1. The Morgan fingerprint density at radius 1 is 1.22 bits per heavy atom. The molecule has 0 amide bonds. The standard InChI is InChI=1S/C23H30ClN3O4S/c1-18-4-6-19(7-5-18)16-27-11-13-31-20(17-27)15-26-32(29,30)21-8-9-23(22(24)14-21)25-10-2-3-12-28/h2-9,14,20,25-26,28H,10-13,15-17H2,1H3/b3-2+. The maximum atomic E-state index is 12.7. The molecule has 1 fully saturated rings. The maximum Gasteiger partial charge on any atom is 0.240 e. The van der Waals surface area contributed by atoms with Crippen LogP contribution in [0.1, 0.15) is 11.1 Å². The highest BCUT2D eigenvalue weighted by molar-refractivity contribution is 7.89. The van der Waals surface area contributed by atoms with Gasteiger partial charge in [-0.1, -0.05) is 53.6 Å². The van der Waals surface area contributed by atoms with Gasteiger partial charge in [0.15, 0.2) is 0 Å². The lowest BCUT2D eigenvalue weighted by Gasteiger charge is -2.33. The molecule has 174 valence electrons. The van der Waals surface area contributed by atoms with Gasteiger partial charge in [0.1, 0.15) is 0 Å². The Bertz CT molecular complexity index is 1010. The molecule has 1 heterocycles. The fourth-order valence-corrected chi connectivity index (χ4v) is 4.82. The summed E-state index contributed by atoms with van der Waals surface area (Å²) in [5, 5.41) is 12.1. The maximum absolute atomic E-state index is 12.7.